The molecular formula is C18H15NOS. The van der Waals surface area contributed by atoms with Crippen LogP contribution in [0.4, 0.5) is 5.00 Å². The Hall–Kier alpha value is -2.13. The first kappa shape index (κ1) is 12.6. The summed E-state index contributed by atoms with van der Waals surface area (Å²) in [5.41, 5.74) is 8.77. The summed E-state index contributed by atoms with van der Waals surface area (Å²) in [6.45, 7) is 0. The maximum absolute atomic E-state index is 12.9. The molecule has 21 heavy (non-hydrogen) atoms. The zero-order valence-electron chi connectivity index (χ0n) is 11.6. The zero-order valence-corrected chi connectivity index (χ0v) is 12.4. The lowest BCUT2D eigenvalue weighted by molar-refractivity contribution is 0.103. The standard InChI is InChI=1S/C18H15NOS/c19-18-16(14-6-3-7-15(14)21-18)17(20)13-9-8-11-4-1-2-5-12(11)10-13/h1-2,4-5,8-10H,3,6-7,19H2. The van der Waals surface area contributed by atoms with E-state index >= 15 is 0 Å². The number of rotatable bonds is 2. The molecule has 0 unspecified atom stereocenters. The van der Waals surface area contributed by atoms with E-state index in [2.05, 4.69) is 6.07 Å². The van der Waals surface area contributed by atoms with Gasteiger partial charge in [-0.1, -0.05) is 36.4 Å². The van der Waals surface area contributed by atoms with Gasteiger partial charge < -0.3 is 5.73 Å². The number of nitrogen functional groups attached to an aromatic ring is 1. The van der Waals surface area contributed by atoms with Crippen LogP contribution in [0.15, 0.2) is 42.5 Å². The molecule has 4 rings (SSSR count). The number of nitrogens with two attached hydrogens (primary N) is 1. The van der Waals surface area contributed by atoms with Gasteiger partial charge in [-0.05, 0) is 41.7 Å². The van der Waals surface area contributed by atoms with Gasteiger partial charge >= 0.3 is 0 Å². The number of aryl methyl sites for hydroxylation is 1. The molecule has 0 atom stereocenters. The Morgan fingerprint density at radius 3 is 2.71 bits per heavy atom. The predicted octanol–water partition coefficient (Wildman–Crippen LogP) is 4.20. The number of thiophene rings is 1. The van der Waals surface area contributed by atoms with E-state index < -0.39 is 0 Å². The fourth-order valence-electron chi connectivity index (χ4n) is 3.15. The van der Waals surface area contributed by atoms with Crippen molar-refractivity contribution in [1.29, 1.82) is 0 Å². The van der Waals surface area contributed by atoms with Crippen molar-refractivity contribution in [2.75, 3.05) is 5.73 Å². The van der Waals surface area contributed by atoms with Gasteiger partial charge in [0.1, 0.15) is 0 Å². The molecular weight excluding hydrogens is 278 g/mol. The minimum Gasteiger partial charge on any atom is -0.390 e. The molecule has 0 fully saturated rings. The SMILES string of the molecule is Nc1sc2c(c1C(=O)c1ccc3ccccc3c1)CCC2. The smallest absolute Gasteiger partial charge is 0.196 e. The van der Waals surface area contributed by atoms with Crippen molar-refractivity contribution >= 4 is 32.9 Å². The second-order valence-corrected chi connectivity index (χ2v) is 6.62. The van der Waals surface area contributed by atoms with Gasteiger partial charge in [0.05, 0.1) is 10.6 Å². The average molecular weight is 293 g/mol. The largest absolute Gasteiger partial charge is 0.390 e. The van der Waals surface area contributed by atoms with Crippen LogP contribution in [0, 0.1) is 0 Å². The van der Waals surface area contributed by atoms with Crippen LogP contribution in [0.1, 0.15) is 32.8 Å². The van der Waals surface area contributed by atoms with Crippen molar-refractivity contribution in [2.45, 2.75) is 19.3 Å². The number of fused-ring (bicyclic) bond motifs is 2. The topological polar surface area (TPSA) is 43.1 Å². The molecule has 1 aliphatic rings. The minimum atomic E-state index is 0.0673. The van der Waals surface area contributed by atoms with E-state index in [0.717, 1.165) is 41.2 Å². The van der Waals surface area contributed by atoms with Crippen molar-refractivity contribution in [3.63, 3.8) is 0 Å². The minimum absolute atomic E-state index is 0.0673. The first-order chi connectivity index (χ1) is 10.2. The van der Waals surface area contributed by atoms with Crippen LogP contribution in [0.5, 0.6) is 0 Å². The highest BCUT2D eigenvalue weighted by Crippen LogP contribution is 2.38. The third-order valence-corrected chi connectivity index (χ3v) is 5.31. The molecule has 1 aromatic heterocycles. The third-order valence-electron chi connectivity index (χ3n) is 4.19. The summed E-state index contributed by atoms with van der Waals surface area (Å²) in [7, 11) is 0. The normalized spacial score (nSPS) is 13.5. The van der Waals surface area contributed by atoms with Gasteiger partial charge in [0, 0.05) is 10.4 Å². The number of hydrogen-bond donors (Lipinski definition) is 1. The molecule has 3 aromatic rings. The van der Waals surface area contributed by atoms with Gasteiger partial charge in [-0.25, -0.2) is 0 Å². The highest BCUT2D eigenvalue weighted by atomic mass is 32.1. The lowest BCUT2D eigenvalue weighted by atomic mass is 9.98. The molecule has 2 N–H and O–H groups in total. The fraction of sp³-hybridized carbons (Fsp3) is 0.167. The summed E-state index contributed by atoms with van der Waals surface area (Å²) in [6.07, 6.45) is 3.19. The van der Waals surface area contributed by atoms with Gasteiger partial charge in [0.15, 0.2) is 5.78 Å². The number of ketones is 1. The number of carbonyl (C=O) groups is 1. The summed E-state index contributed by atoms with van der Waals surface area (Å²) in [4.78, 5) is 14.2. The monoisotopic (exact) mass is 293 g/mol. The quantitative estimate of drug-likeness (QED) is 0.719. The Labute approximate surface area is 127 Å². The Bertz CT molecular complexity index is 863. The molecule has 1 heterocycles. The van der Waals surface area contributed by atoms with E-state index in [9.17, 15) is 4.79 Å². The van der Waals surface area contributed by atoms with E-state index in [4.69, 9.17) is 5.73 Å². The third kappa shape index (κ3) is 1.96. The van der Waals surface area contributed by atoms with Crippen LogP contribution in [-0.2, 0) is 12.8 Å². The molecule has 0 amide bonds. The Morgan fingerprint density at radius 1 is 1.05 bits per heavy atom. The lowest BCUT2D eigenvalue weighted by Crippen LogP contribution is -2.05. The van der Waals surface area contributed by atoms with Gasteiger partial charge in [0.25, 0.3) is 0 Å². The molecule has 0 aliphatic heterocycles. The predicted molar refractivity (Wildman–Crippen MR) is 88.1 cm³/mol. The lowest BCUT2D eigenvalue weighted by Gasteiger charge is -2.05. The highest BCUT2D eigenvalue weighted by molar-refractivity contribution is 7.16. The van der Waals surface area contributed by atoms with Crippen molar-refractivity contribution in [3.05, 3.63) is 64.0 Å². The first-order valence-electron chi connectivity index (χ1n) is 7.17. The van der Waals surface area contributed by atoms with E-state index in [1.807, 2.05) is 36.4 Å². The van der Waals surface area contributed by atoms with Gasteiger partial charge in [-0.15, -0.1) is 11.3 Å². The zero-order chi connectivity index (χ0) is 14.4. The molecule has 2 aromatic carbocycles. The maximum Gasteiger partial charge on any atom is 0.196 e. The molecule has 2 nitrogen and oxygen atoms in total. The van der Waals surface area contributed by atoms with E-state index in [0.29, 0.717) is 5.00 Å². The summed E-state index contributed by atoms with van der Waals surface area (Å²) in [5, 5.41) is 2.92. The number of carbonyl (C=O) groups excluding carboxylic acids is 1. The van der Waals surface area contributed by atoms with Crippen molar-refractivity contribution in [1.82, 2.24) is 0 Å². The number of hydrogen-bond acceptors (Lipinski definition) is 3. The van der Waals surface area contributed by atoms with Crippen LogP contribution in [-0.4, -0.2) is 5.78 Å². The van der Waals surface area contributed by atoms with Gasteiger partial charge in [-0.3, -0.25) is 4.79 Å². The van der Waals surface area contributed by atoms with Crippen LogP contribution in [0.25, 0.3) is 10.8 Å². The molecule has 0 saturated carbocycles. The second-order valence-electron chi connectivity index (χ2n) is 5.49. The van der Waals surface area contributed by atoms with Crippen LogP contribution >= 0.6 is 11.3 Å². The van der Waals surface area contributed by atoms with Crippen molar-refractivity contribution in [3.8, 4) is 0 Å². The van der Waals surface area contributed by atoms with Gasteiger partial charge in [0.2, 0.25) is 0 Å². The fourth-order valence-corrected chi connectivity index (χ4v) is 4.31. The van der Waals surface area contributed by atoms with Crippen molar-refractivity contribution in [2.24, 2.45) is 0 Å². The number of benzene rings is 2. The Balaban J connectivity index is 1.83. The second kappa shape index (κ2) is 4.71. The average Bonchev–Trinajstić information content (AvgIpc) is 3.06. The highest BCUT2D eigenvalue weighted by Gasteiger charge is 2.25. The molecule has 3 heteroatoms. The molecule has 0 saturated heterocycles. The van der Waals surface area contributed by atoms with E-state index in [1.54, 1.807) is 11.3 Å². The summed E-state index contributed by atoms with van der Waals surface area (Å²) >= 11 is 1.59. The molecule has 0 radical (unpaired) electrons. The van der Waals surface area contributed by atoms with Crippen LogP contribution in [0.3, 0.4) is 0 Å². The summed E-state index contributed by atoms with van der Waals surface area (Å²) < 4.78 is 0. The Kier molecular flexibility index (Phi) is 2.82. The first-order valence-corrected chi connectivity index (χ1v) is 7.99. The molecule has 104 valence electrons. The van der Waals surface area contributed by atoms with E-state index in [-0.39, 0.29) is 5.78 Å². The molecule has 0 spiro atoms. The van der Waals surface area contributed by atoms with Crippen LogP contribution in [0.2, 0.25) is 0 Å². The van der Waals surface area contributed by atoms with Gasteiger partial charge in [-0.2, -0.15) is 0 Å². The summed E-state index contributed by atoms with van der Waals surface area (Å²) in [5.74, 6) is 0.0673. The maximum atomic E-state index is 12.9. The van der Waals surface area contributed by atoms with Crippen molar-refractivity contribution < 1.29 is 4.79 Å². The van der Waals surface area contributed by atoms with Crippen LogP contribution < -0.4 is 5.73 Å². The number of anilines is 1. The van der Waals surface area contributed by atoms with E-state index in [1.165, 1.54) is 10.4 Å². The Morgan fingerprint density at radius 2 is 1.86 bits per heavy atom. The molecule has 0 bridgehead atoms. The molecule has 1 aliphatic carbocycles. The summed E-state index contributed by atoms with van der Waals surface area (Å²) in [6, 6.07) is 14.0.